The summed E-state index contributed by atoms with van der Waals surface area (Å²) in [4.78, 5) is 33.6. The molecule has 0 aromatic heterocycles. The van der Waals surface area contributed by atoms with Crippen molar-refractivity contribution in [1.82, 2.24) is 10.6 Å². The lowest BCUT2D eigenvalue weighted by Crippen LogP contribution is -2.40. The van der Waals surface area contributed by atoms with Crippen LogP contribution in [0.25, 0.3) is 0 Å². The van der Waals surface area contributed by atoms with Gasteiger partial charge in [0.15, 0.2) is 0 Å². The van der Waals surface area contributed by atoms with E-state index >= 15 is 0 Å². The molecule has 11 heteroatoms. The Morgan fingerprint density at radius 1 is 1.24 bits per heavy atom. The molecule has 0 atom stereocenters. The highest BCUT2D eigenvalue weighted by Gasteiger charge is 2.28. The van der Waals surface area contributed by atoms with Crippen LogP contribution < -0.4 is 16.0 Å². The number of amides is 2. The van der Waals surface area contributed by atoms with Gasteiger partial charge in [0, 0.05) is 17.7 Å². The van der Waals surface area contributed by atoms with Crippen LogP contribution in [-0.4, -0.2) is 42.0 Å². The van der Waals surface area contributed by atoms with Crippen molar-refractivity contribution in [3.63, 3.8) is 0 Å². The van der Waals surface area contributed by atoms with Crippen LogP contribution >= 0.6 is 0 Å². The Balaban J connectivity index is 1.95. The largest absolute Gasteiger partial charge is 0.405 e. The molecule has 1 aliphatic carbocycles. The maximum Gasteiger partial charge on any atom is 0.405 e. The molecule has 1 fully saturated rings. The fourth-order valence-corrected chi connectivity index (χ4v) is 1.92. The number of carbonyl (C=O) groups excluding carboxylic acids is 2. The topological polar surface area (TPSA) is 113 Å². The third-order valence-electron chi connectivity index (χ3n) is 3.29. The second-order valence-corrected chi connectivity index (χ2v) is 5.48. The van der Waals surface area contributed by atoms with E-state index in [1.165, 1.54) is 12.1 Å². The predicted molar refractivity (Wildman–Crippen MR) is 81.1 cm³/mol. The first kappa shape index (κ1) is 18.5. The molecule has 1 aliphatic rings. The molecular weight excluding hydrogens is 345 g/mol. The zero-order valence-electron chi connectivity index (χ0n) is 12.9. The number of alkyl halides is 3. The number of nitrogens with zero attached hydrogens (tertiary/aromatic N) is 1. The maximum atomic E-state index is 12.0. The Labute approximate surface area is 139 Å². The molecule has 1 saturated carbocycles. The van der Waals surface area contributed by atoms with Crippen LogP contribution in [0.15, 0.2) is 18.2 Å². The second-order valence-electron chi connectivity index (χ2n) is 5.48. The van der Waals surface area contributed by atoms with Crippen LogP contribution in [0.3, 0.4) is 0 Å². The molecule has 2 amide bonds. The SMILES string of the molecule is O=C(CNC(=O)c1ccc(NC2CC2)c([N+](=O)[O-])c1)NCC(F)(F)F. The van der Waals surface area contributed by atoms with Crippen molar-refractivity contribution in [1.29, 1.82) is 0 Å². The van der Waals surface area contributed by atoms with Gasteiger partial charge in [-0.25, -0.2) is 0 Å². The number of halogens is 3. The molecule has 25 heavy (non-hydrogen) atoms. The number of rotatable bonds is 7. The average molecular weight is 360 g/mol. The molecule has 0 heterocycles. The number of hydrogen-bond donors (Lipinski definition) is 3. The monoisotopic (exact) mass is 360 g/mol. The number of nitrogens with one attached hydrogen (secondary N) is 3. The van der Waals surface area contributed by atoms with Crippen molar-refractivity contribution in [2.75, 3.05) is 18.4 Å². The molecule has 0 aliphatic heterocycles. The Hall–Kier alpha value is -2.85. The molecule has 2 rings (SSSR count). The van der Waals surface area contributed by atoms with Crippen molar-refractivity contribution in [3.05, 3.63) is 33.9 Å². The van der Waals surface area contributed by atoms with Gasteiger partial charge in [-0.05, 0) is 25.0 Å². The molecule has 0 spiro atoms. The second kappa shape index (κ2) is 7.36. The normalized spacial score (nSPS) is 13.9. The van der Waals surface area contributed by atoms with E-state index in [-0.39, 0.29) is 23.0 Å². The van der Waals surface area contributed by atoms with Gasteiger partial charge in [-0.1, -0.05) is 0 Å². The van der Waals surface area contributed by atoms with Gasteiger partial charge in [0.2, 0.25) is 5.91 Å². The first-order valence-corrected chi connectivity index (χ1v) is 7.32. The molecule has 3 N–H and O–H groups in total. The standard InChI is InChI=1S/C14H15F3N4O4/c15-14(16,17)7-19-12(22)6-18-13(23)8-1-4-10(20-9-2-3-9)11(5-8)21(24)25/h1,4-5,9,20H,2-3,6-7H2,(H,18,23)(H,19,22). The van der Waals surface area contributed by atoms with Crippen molar-refractivity contribution in [2.24, 2.45) is 0 Å². The Bertz CT molecular complexity index is 689. The lowest BCUT2D eigenvalue weighted by Gasteiger charge is -2.10. The summed E-state index contributed by atoms with van der Waals surface area (Å²) in [6, 6.07) is 3.94. The van der Waals surface area contributed by atoms with Gasteiger partial charge in [0.25, 0.3) is 11.6 Å². The van der Waals surface area contributed by atoms with Gasteiger partial charge in [0.05, 0.1) is 11.5 Å². The fourth-order valence-electron chi connectivity index (χ4n) is 1.92. The van der Waals surface area contributed by atoms with Crippen LogP contribution in [0.2, 0.25) is 0 Å². The summed E-state index contributed by atoms with van der Waals surface area (Å²) in [5.41, 5.74) is -0.0790. The molecule has 0 unspecified atom stereocenters. The number of nitro groups is 1. The van der Waals surface area contributed by atoms with Gasteiger partial charge in [-0.2, -0.15) is 13.2 Å². The highest BCUT2D eigenvalue weighted by atomic mass is 19.4. The summed E-state index contributed by atoms with van der Waals surface area (Å²) < 4.78 is 35.9. The Morgan fingerprint density at radius 2 is 1.92 bits per heavy atom. The number of hydrogen-bond acceptors (Lipinski definition) is 5. The lowest BCUT2D eigenvalue weighted by molar-refractivity contribution is -0.384. The van der Waals surface area contributed by atoms with Crippen LogP contribution in [0.4, 0.5) is 24.5 Å². The predicted octanol–water partition coefficient (Wildman–Crippen LogP) is 1.58. The van der Waals surface area contributed by atoms with E-state index in [2.05, 4.69) is 10.6 Å². The van der Waals surface area contributed by atoms with E-state index in [0.29, 0.717) is 0 Å². The van der Waals surface area contributed by atoms with Gasteiger partial charge >= 0.3 is 6.18 Å². The van der Waals surface area contributed by atoms with E-state index in [1.807, 2.05) is 0 Å². The number of nitro benzene ring substituents is 1. The van der Waals surface area contributed by atoms with Gasteiger partial charge in [-0.15, -0.1) is 0 Å². The zero-order valence-corrected chi connectivity index (χ0v) is 12.9. The molecule has 0 bridgehead atoms. The van der Waals surface area contributed by atoms with E-state index in [9.17, 15) is 32.9 Å². The van der Waals surface area contributed by atoms with Crippen LogP contribution in [0, 0.1) is 10.1 Å². The van der Waals surface area contributed by atoms with Crippen LogP contribution in [0.5, 0.6) is 0 Å². The highest BCUT2D eigenvalue weighted by molar-refractivity contribution is 5.97. The summed E-state index contributed by atoms with van der Waals surface area (Å²) in [5, 5.41) is 17.8. The number of anilines is 1. The Kier molecular flexibility index (Phi) is 5.45. The average Bonchev–Trinajstić information content (AvgIpc) is 3.34. The summed E-state index contributed by atoms with van der Waals surface area (Å²) in [6.45, 7) is -2.18. The van der Waals surface area contributed by atoms with Crippen LogP contribution in [-0.2, 0) is 4.79 Å². The van der Waals surface area contributed by atoms with E-state index in [0.717, 1.165) is 18.9 Å². The summed E-state index contributed by atoms with van der Waals surface area (Å²) in [7, 11) is 0. The first-order valence-electron chi connectivity index (χ1n) is 7.32. The molecule has 0 saturated heterocycles. The van der Waals surface area contributed by atoms with E-state index in [1.54, 1.807) is 5.32 Å². The maximum absolute atomic E-state index is 12.0. The van der Waals surface area contributed by atoms with Gasteiger partial charge < -0.3 is 16.0 Å². The van der Waals surface area contributed by atoms with E-state index < -0.39 is 36.0 Å². The van der Waals surface area contributed by atoms with Crippen LogP contribution in [0.1, 0.15) is 23.2 Å². The highest BCUT2D eigenvalue weighted by Crippen LogP contribution is 2.31. The van der Waals surface area contributed by atoms with Crippen molar-refractivity contribution < 1.29 is 27.7 Å². The smallest absolute Gasteiger partial charge is 0.377 e. The summed E-state index contributed by atoms with van der Waals surface area (Å²) in [5.74, 6) is -1.82. The molecule has 8 nitrogen and oxygen atoms in total. The quantitative estimate of drug-likeness (QED) is 0.505. The van der Waals surface area contributed by atoms with Crippen molar-refractivity contribution in [2.45, 2.75) is 25.1 Å². The fraction of sp³-hybridized carbons (Fsp3) is 0.429. The minimum atomic E-state index is -4.55. The minimum Gasteiger partial charge on any atom is -0.377 e. The zero-order chi connectivity index (χ0) is 18.6. The first-order chi connectivity index (χ1) is 11.7. The molecule has 0 radical (unpaired) electrons. The third-order valence-corrected chi connectivity index (χ3v) is 3.29. The molecular formula is C14H15F3N4O4. The van der Waals surface area contributed by atoms with Gasteiger partial charge in [0.1, 0.15) is 12.2 Å². The number of carbonyl (C=O) groups is 2. The third kappa shape index (κ3) is 5.94. The molecule has 1 aromatic rings. The molecule has 1 aromatic carbocycles. The number of benzene rings is 1. The van der Waals surface area contributed by atoms with Crippen molar-refractivity contribution in [3.8, 4) is 0 Å². The minimum absolute atomic E-state index is 0.0725. The summed E-state index contributed by atoms with van der Waals surface area (Å²) >= 11 is 0. The van der Waals surface area contributed by atoms with Gasteiger partial charge in [-0.3, -0.25) is 19.7 Å². The summed E-state index contributed by atoms with van der Waals surface area (Å²) in [6.07, 6.45) is -2.73. The Morgan fingerprint density at radius 3 is 2.48 bits per heavy atom. The molecule has 136 valence electrons. The van der Waals surface area contributed by atoms with E-state index in [4.69, 9.17) is 0 Å². The van der Waals surface area contributed by atoms with Crippen molar-refractivity contribution >= 4 is 23.2 Å². The lowest BCUT2D eigenvalue weighted by atomic mass is 10.1.